The van der Waals surface area contributed by atoms with Gasteiger partial charge in [0.05, 0.1) is 5.69 Å². The monoisotopic (exact) mass is 254 g/mol. The van der Waals surface area contributed by atoms with Gasteiger partial charge >= 0.3 is 0 Å². The van der Waals surface area contributed by atoms with Crippen molar-refractivity contribution in [3.63, 3.8) is 0 Å². The maximum absolute atomic E-state index is 13.7. The molecule has 0 radical (unpaired) electrons. The number of nitrogen functional groups attached to an aromatic ring is 1. The van der Waals surface area contributed by atoms with Gasteiger partial charge in [-0.25, -0.2) is 4.39 Å². The third kappa shape index (κ3) is 3.06. The molecule has 2 unspecified atom stereocenters. The predicted molar refractivity (Wildman–Crippen MR) is 74.0 cm³/mol. The summed E-state index contributed by atoms with van der Waals surface area (Å²) in [5.41, 5.74) is 6.59. The average Bonchev–Trinajstić information content (AvgIpc) is 2.33. The molecule has 17 heavy (non-hydrogen) atoms. The number of hydrogen-bond acceptors (Lipinski definition) is 3. The average molecular weight is 254 g/mol. The molecule has 1 aromatic carbocycles. The lowest BCUT2D eigenvalue weighted by Gasteiger charge is -2.31. The third-order valence-electron chi connectivity index (χ3n) is 3.34. The van der Waals surface area contributed by atoms with E-state index in [-0.39, 0.29) is 5.82 Å². The smallest absolute Gasteiger partial charge is 0.148 e. The Morgan fingerprint density at radius 3 is 2.82 bits per heavy atom. The summed E-state index contributed by atoms with van der Waals surface area (Å²) in [6.45, 7) is 0. The summed E-state index contributed by atoms with van der Waals surface area (Å²) in [6, 6.07) is 5.22. The second-order valence-electron chi connectivity index (χ2n) is 4.55. The standard InChI is InChI=1S/C13H19FN2S/c1-17-13-5-3-2-4-12(13)16-11-7-6-9(15)8-10(11)14/h6-8,12-13,16H,2-5,15H2,1H3. The van der Waals surface area contributed by atoms with Gasteiger partial charge in [0.1, 0.15) is 5.82 Å². The van der Waals surface area contributed by atoms with Crippen molar-refractivity contribution in [2.45, 2.75) is 37.0 Å². The SMILES string of the molecule is CSC1CCCCC1Nc1ccc(N)cc1F. The molecule has 1 aliphatic carbocycles. The van der Waals surface area contributed by atoms with E-state index in [2.05, 4.69) is 11.6 Å². The summed E-state index contributed by atoms with van der Waals surface area (Å²) in [4.78, 5) is 0. The van der Waals surface area contributed by atoms with Crippen LogP contribution in [0.2, 0.25) is 0 Å². The first kappa shape index (κ1) is 12.6. The van der Waals surface area contributed by atoms with Crippen LogP contribution in [0.15, 0.2) is 18.2 Å². The summed E-state index contributed by atoms with van der Waals surface area (Å²) in [5.74, 6) is -0.254. The molecular weight excluding hydrogens is 235 g/mol. The summed E-state index contributed by atoms with van der Waals surface area (Å²) < 4.78 is 13.7. The van der Waals surface area contributed by atoms with Gasteiger partial charge in [-0.15, -0.1) is 0 Å². The lowest BCUT2D eigenvalue weighted by molar-refractivity contribution is 0.473. The molecular formula is C13H19FN2S. The van der Waals surface area contributed by atoms with Gasteiger partial charge in [-0.1, -0.05) is 12.8 Å². The molecule has 1 saturated carbocycles. The lowest BCUT2D eigenvalue weighted by Crippen LogP contribution is -2.34. The van der Waals surface area contributed by atoms with E-state index in [0.717, 1.165) is 6.42 Å². The van der Waals surface area contributed by atoms with Crippen LogP contribution >= 0.6 is 11.8 Å². The molecule has 1 aliphatic rings. The topological polar surface area (TPSA) is 38.0 Å². The van der Waals surface area contributed by atoms with Crippen molar-refractivity contribution in [1.29, 1.82) is 0 Å². The predicted octanol–water partition coefficient (Wildman–Crippen LogP) is 3.49. The number of thioether (sulfide) groups is 1. The van der Waals surface area contributed by atoms with Gasteiger partial charge in [0.15, 0.2) is 0 Å². The largest absolute Gasteiger partial charge is 0.399 e. The molecule has 0 aromatic heterocycles. The van der Waals surface area contributed by atoms with Crippen LogP contribution in [0.4, 0.5) is 15.8 Å². The highest BCUT2D eigenvalue weighted by molar-refractivity contribution is 7.99. The van der Waals surface area contributed by atoms with Crippen molar-refractivity contribution in [1.82, 2.24) is 0 Å². The Bertz CT molecular complexity index is 384. The molecule has 0 saturated heterocycles. The molecule has 0 spiro atoms. The Balaban J connectivity index is 2.08. The zero-order valence-electron chi connectivity index (χ0n) is 10.1. The minimum Gasteiger partial charge on any atom is -0.399 e. The van der Waals surface area contributed by atoms with E-state index in [1.165, 1.54) is 25.3 Å². The fraction of sp³-hybridized carbons (Fsp3) is 0.538. The molecule has 0 aliphatic heterocycles. The number of nitrogens with one attached hydrogen (secondary N) is 1. The van der Waals surface area contributed by atoms with Crippen molar-refractivity contribution in [3.8, 4) is 0 Å². The zero-order chi connectivity index (χ0) is 12.3. The van der Waals surface area contributed by atoms with Crippen LogP contribution in [0.25, 0.3) is 0 Å². The van der Waals surface area contributed by atoms with Crippen LogP contribution in [0.5, 0.6) is 0 Å². The quantitative estimate of drug-likeness (QED) is 0.811. The maximum Gasteiger partial charge on any atom is 0.148 e. The van der Waals surface area contributed by atoms with E-state index in [9.17, 15) is 4.39 Å². The zero-order valence-corrected chi connectivity index (χ0v) is 10.9. The van der Waals surface area contributed by atoms with E-state index >= 15 is 0 Å². The molecule has 3 N–H and O–H groups in total. The first-order valence-electron chi connectivity index (χ1n) is 6.05. The van der Waals surface area contributed by atoms with Crippen molar-refractivity contribution in [2.75, 3.05) is 17.3 Å². The van der Waals surface area contributed by atoms with Crippen molar-refractivity contribution in [3.05, 3.63) is 24.0 Å². The molecule has 94 valence electrons. The van der Waals surface area contributed by atoms with E-state index in [1.807, 2.05) is 11.8 Å². The number of nitrogens with two attached hydrogens (primary N) is 1. The highest BCUT2D eigenvalue weighted by atomic mass is 32.2. The molecule has 1 fully saturated rings. The van der Waals surface area contributed by atoms with Crippen LogP contribution in [0, 0.1) is 5.82 Å². The van der Waals surface area contributed by atoms with E-state index in [1.54, 1.807) is 12.1 Å². The van der Waals surface area contributed by atoms with Crippen molar-refractivity contribution < 1.29 is 4.39 Å². The lowest BCUT2D eigenvalue weighted by atomic mass is 9.94. The van der Waals surface area contributed by atoms with Gasteiger partial charge in [-0.3, -0.25) is 0 Å². The summed E-state index contributed by atoms with van der Waals surface area (Å²) in [6.07, 6.45) is 6.98. The Morgan fingerprint density at radius 2 is 2.12 bits per heavy atom. The van der Waals surface area contributed by atoms with Crippen LogP contribution in [-0.4, -0.2) is 17.5 Å². The molecule has 2 nitrogen and oxygen atoms in total. The van der Waals surface area contributed by atoms with E-state index in [4.69, 9.17) is 5.73 Å². The van der Waals surface area contributed by atoms with Crippen molar-refractivity contribution in [2.24, 2.45) is 0 Å². The van der Waals surface area contributed by atoms with Crippen LogP contribution < -0.4 is 11.1 Å². The second-order valence-corrected chi connectivity index (χ2v) is 5.63. The molecule has 2 atom stereocenters. The van der Waals surface area contributed by atoms with Crippen LogP contribution in [-0.2, 0) is 0 Å². The molecule has 4 heteroatoms. The fourth-order valence-electron chi connectivity index (χ4n) is 2.39. The highest BCUT2D eigenvalue weighted by Crippen LogP contribution is 2.30. The fourth-order valence-corrected chi connectivity index (χ4v) is 3.33. The van der Waals surface area contributed by atoms with E-state index in [0.29, 0.717) is 22.7 Å². The minimum absolute atomic E-state index is 0.254. The Morgan fingerprint density at radius 1 is 1.35 bits per heavy atom. The molecule has 2 rings (SSSR count). The first-order chi connectivity index (χ1) is 8.20. The molecule has 1 aromatic rings. The van der Waals surface area contributed by atoms with Crippen LogP contribution in [0.3, 0.4) is 0 Å². The number of halogens is 1. The third-order valence-corrected chi connectivity index (χ3v) is 4.51. The number of hydrogen-bond donors (Lipinski definition) is 2. The summed E-state index contributed by atoms with van der Waals surface area (Å²) >= 11 is 1.87. The number of anilines is 2. The van der Waals surface area contributed by atoms with Gasteiger partial charge < -0.3 is 11.1 Å². The van der Waals surface area contributed by atoms with Gasteiger partial charge in [0.2, 0.25) is 0 Å². The summed E-state index contributed by atoms with van der Waals surface area (Å²) in [7, 11) is 0. The van der Waals surface area contributed by atoms with Gasteiger partial charge in [-0.05, 0) is 37.3 Å². The minimum atomic E-state index is -0.254. The normalized spacial score (nSPS) is 24.6. The first-order valence-corrected chi connectivity index (χ1v) is 7.34. The summed E-state index contributed by atoms with van der Waals surface area (Å²) in [5, 5.41) is 3.91. The Labute approximate surface area is 106 Å². The second kappa shape index (κ2) is 5.63. The van der Waals surface area contributed by atoms with Gasteiger partial charge in [0, 0.05) is 17.0 Å². The highest BCUT2D eigenvalue weighted by Gasteiger charge is 2.24. The van der Waals surface area contributed by atoms with Crippen molar-refractivity contribution >= 4 is 23.1 Å². The Kier molecular flexibility index (Phi) is 4.15. The number of rotatable bonds is 3. The Hall–Kier alpha value is -0.900. The maximum atomic E-state index is 13.7. The van der Waals surface area contributed by atoms with Gasteiger partial charge in [-0.2, -0.15) is 11.8 Å². The molecule has 0 heterocycles. The van der Waals surface area contributed by atoms with E-state index < -0.39 is 0 Å². The molecule has 0 bridgehead atoms. The van der Waals surface area contributed by atoms with Gasteiger partial charge in [0.25, 0.3) is 0 Å². The van der Waals surface area contributed by atoms with Crippen LogP contribution in [0.1, 0.15) is 25.7 Å². The molecule has 0 amide bonds. The number of benzene rings is 1.